The normalized spacial score (nSPS) is 9.93. The van der Waals surface area contributed by atoms with E-state index < -0.39 is 0 Å². The summed E-state index contributed by atoms with van der Waals surface area (Å²) in [6.07, 6.45) is 1.79. The number of aromatic hydroxyl groups is 1. The van der Waals surface area contributed by atoms with E-state index in [9.17, 15) is 5.11 Å². The van der Waals surface area contributed by atoms with Gasteiger partial charge in [-0.2, -0.15) is 0 Å². The fourth-order valence-electron chi connectivity index (χ4n) is 1.09. The predicted molar refractivity (Wildman–Crippen MR) is 54.3 cm³/mol. The van der Waals surface area contributed by atoms with Crippen molar-refractivity contribution in [1.29, 1.82) is 0 Å². The van der Waals surface area contributed by atoms with E-state index in [0.29, 0.717) is 12.4 Å². The van der Waals surface area contributed by atoms with E-state index in [1.807, 2.05) is 25.5 Å². The lowest BCUT2D eigenvalue weighted by Gasteiger charge is -2.08. The average molecular weight is 194 g/mol. The van der Waals surface area contributed by atoms with Crippen molar-refractivity contribution in [2.75, 3.05) is 6.61 Å². The van der Waals surface area contributed by atoms with Gasteiger partial charge < -0.3 is 9.84 Å². The number of rotatable bonds is 3. The first-order valence-corrected chi connectivity index (χ1v) is 4.47. The van der Waals surface area contributed by atoms with Gasteiger partial charge in [-0.25, -0.2) is 4.57 Å². The number of nitrogens with zero attached hydrogens (tertiary/aromatic N) is 1. The first-order chi connectivity index (χ1) is 6.52. The molecule has 0 saturated carbocycles. The third-order valence-electron chi connectivity index (χ3n) is 2.01. The third-order valence-corrected chi connectivity index (χ3v) is 2.01. The molecule has 0 atom stereocenters. The molecule has 0 radical (unpaired) electrons. The molecule has 0 spiro atoms. The van der Waals surface area contributed by atoms with Gasteiger partial charge in [0.25, 0.3) is 0 Å². The summed E-state index contributed by atoms with van der Waals surface area (Å²) >= 11 is 0. The Hall–Kier alpha value is -1.51. The van der Waals surface area contributed by atoms with Gasteiger partial charge in [-0.05, 0) is 12.5 Å². The smallest absolute Gasteiger partial charge is 0.229 e. The topological polar surface area (TPSA) is 33.3 Å². The van der Waals surface area contributed by atoms with E-state index in [1.54, 1.807) is 12.3 Å². The Labute approximate surface area is 84.3 Å². The summed E-state index contributed by atoms with van der Waals surface area (Å²) in [6.45, 7) is 7.95. The number of aromatic nitrogens is 1. The second-order valence-electron chi connectivity index (χ2n) is 3.47. The van der Waals surface area contributed by atoms with Crippen molar-refractivity contribution in [1.82, 2.24) is 0 Å². The zero-order chi connectivity index (χ0) is 10.7. The van der Waals surface area contributed by atoms with Crippen molar-refractivity contribution in [3.05, 3.63) is 30.1 Å². The van der Waals surface area contributed by atoms with Gasteiger partial charge in [0.15, 0.2) is 11.9 Å². The van der Waals surface area contributed by atoms with Crippen LogP contribution < -0.4 is 9.30 Å². The highest BCUT2D eigenvalue weighted by atomic mass is 16.5. The standard InChI is InChI=1S/C11H15NO2/c1-8(2)7-14-11-9(3)12(4)6-5-10(11)13/h5-6H,1,7H2,2-4H3/p+1. The number of hydrogen-bond acceptors (Lipinski definition) is 2. The Morgan fingerprint density at radius 2 is 2.29 bits per heavy atom. The van der Waals surface area contributed by atoms with Crippen molar-refractivity contribution >= 4 is 0 Å². The van der Waals surface area contributed by atoms with Gasteiger partial charge in [0.05, 0.1) is 0 Å². The summed E-state index contributed by atoms with van der Waals surface area (Å²) in [4.78, 5) is 0. The molecule has 0 aliphatic heterocycles. The molecule has 0 aliphatic carbocycles. The molecule has 1 aromatic heterocycles. The molecule has 0 aromatic carbocycles. The SMILES string of the molecule is C=C(C)COc1c(O)cc[n+](C)c1C. The Morgan fingerprint density at radius 1 is 1.64 bits per heavy atom. The van der Waals surface area contributed by atoms with Crippen LogP contribution in [0.15, 0.2) is 24.4 Å². The van der Waals surface area contributed by atoms with Crippen LogP contribution in [-0.2, 0) is 7.05 Å². The van der Waals surface area contributed by atoms with Crippen LogP contribution in [0.5, 0.6) is 11.5 Å². The summed E-state index contributed by atoms with van der Waals surface area (Å²) in [5.74, 6) is 0.694. The number of aryl methyl sites for hydroxylation is 1. The monoisotopic (exact) mass is 194 g/mol. The third kappa shape index (κ3) is 2.25. The molecule has 1 rings (SSSR count). The highest BCUT2D eigenvalue weighted by Crippen LogP contribution is 2.26. The highest BCUT2D eigenvalue weighted by Gasteiger charge is 2.14. The molecule has 1 heterocycles. The summed E-state index contributed by atoms with van der Waals surface area (Å²) in [5.41, 5.74) is 1.82. The molecule has 0 saturated heterocycles. The van der Waals surface area contributed by atoms with E-state index >= 15 is 0 Å². The molecule has 3 heteroatoms. The van der Waals surface area contributed by atoms with Crippen LogP contribution in [-0.4, -0.2) is 11.7 Å². The lowest BCUT2D eigenvalue weighted by Crippen LogP contribution is -2.31. The molecule has 0 unspecified atom stereocenters. The Balaban J connectivity index is 2.95. The van der Waals surface area contributed by atoms with Crippen molar-refractivity contribution in [2.24, 2.45) is 7.05 Å². The maximum Gasteiger partial charge on any atom is 0.229 e. The van der Waals surface area contributed by atoms with Gasteiger partial charge >= 0.3 is 0 Å². The number of pyridine rings is 1. The van der Waals surface area contributed by atoms with Crippen molar-refractivity contribution < 1.29 is 14.4 Å². The molecule has 14 heavy (non-hydrogen) atoms. The first kappa shape index (κ1) is 10.6. The molecule has 1 aromatic rings. The van der Waals surface area contributed by atoms with Crippen LogP contribution in [0.2, 0.25) is 0 Å². The van der Waals surface area contributed by atoms with Crippen molar-refractivity contribution in [3.8, 4) is 11.5 Å². The minimum atomic E-state index is 0.168. The molecular formula is C11H16NO2+. The largest absolute Gasteiger partial charge is 0.504 e. The zero-order valence-corrected chi connectivity index (χ0v) is 8.87. The summed E-state index contributed by atoms with van der Waals surface area (Å²) in [5, 5.41) is 9.56. The van der Waals surface area contributed by atoms with E-state index in [0.717, 1.165) is 11.3 Å². The lowest BCUT2D eigenvalue weighted by molar-refractivity contribution is -0.678. The molecule has 3 nitrogen and oxygen atoms in total. The number of hydrogen-bond donors (Lipinski definition) is 1. The van der Waals surface area contributed by atoms with Crippen molar-refractivity contribution in [3.63, 3.8) is 0 Å². The summed E-state index contributed by atoms with van der Waals surface area (Å²) < 4.78 is 7.34. The number of ether oxygens (including phenoxy) is 1. The quantitative estimate of drug-likeness (QED) is 0.584. The molecule has 0 bridgehead atoms. The van der Waals surface area contributed by atoms with E-state index in [4.69, 9.17) is 4.74 Å². The van der Waals surface area contributed by atoms with Crippen LogP contribution in [0.1, 0.15) is 12.6 Å². The van der Waals surface area contributed by atoms with E-state index in [-0.39, 0.29) is 5.75 Å². The second-order valence-corrected chi connectivity index (χ2v) is 3.47. The highest BCUT2D eigenvalue weighted by molar-refractivity contribution is 5.38. The van der Waals surface area contributed by atoms with E-state index in [2.05, 4.69) is 6.58 Å². The Morgan fingerprint density at radius 3 is 2.86 bits per heavy atom. The first-order valence-electron chi connectivity index (χ1n) is 4.47. The van der Waals surface area contributed by atoms with Gasteiger partial charge in [0.2, 0.25) is 11.4 Å². The Kier molecular flexibility index (Phi) is 3.12. The van der Waals surface area contributed by atoms with Crippen LogP contribution in [0, 0.1) is 6.92 Å². The maximum absolute atomic E-state index is 9.56. The second kappa shape index (κ2) is 4.13. The molecule has 0 fully saturated rings. The van der Waals surface area contributed by atoms with Crippen LogP contribution in [0.4, 0.5) is 0 Å². The fraction of sp³-hybridized carbons (Fsp3) is 0.364. The molecule has 1 N–H and O–H groups in total. The average Bonchev–Trinajstić information content (AvgIpc) is 2.11. The predicted octanol–water partition coefficient (Wildman–Crippen LogP) is 1.48. The summed E-state index contributed by atoms with van der Waals surface area (Å²) in [6, 6.07) is 1.61. The zero-order valence-electron chi connectivity index (χ0n) is 8.87. The summed E-state index contributed by atoms with van der Waals surface area (Å²) in [7, 11) is 1.91. The van der Waals surface area contributed by atoms with Gasteiger partial charge in [-0.3, -0.25) is 0 Å². The Bertz CT molecular complexity index is 359. The van der Waals surface area contributed by atoms with Crippen LogP contribution in [0.25, 0.3) is 0 Å². The van der Waals surface area contributed by atoms with Crippen LogP contribution >= 0.6 is 0 Å². The van der Waals surface area contributed by atoms with Crippen molar-refractivity contribution in [2.45, 2.75) is 13.8 Å². The maximum atomic E-state index is 9.56. The lowest BCUT2D eigenvalue weighted by atomic mass is 10.3. The molecule has 76 valence electrons. The van der Waals surface area contributed by atoms with Gasteiger partial charge in [-0.15, -0.1) is 0 Å². The van der Waals surface area contributed by atoms with Gasteiger partial charge in [0.1, 0.15) is 13.7 Å². The van der Waals surface area contributed by atoms with Crippen LogP contribution in [0.3, 0.4) is 0 Å². The van der Waals surface area contributed by atoms with E-state index in [1.165, 1.54) is 0 Å². The van der Waals surface area contributed by atoms with Gasteiger partial charge in [0, 0.05) is 13.0 Å². The minimum absolute atomic E-state index is 0.168. The molecule has 0 aliphatic rings. The minimum Gasteiger partial charge on any atom is -0.504 e. The molecular weight excluding hydrogens is 178 g/mol. The van der Waals surface area contributed by atoms with Gasteiger partial charge in [-0.1, -0.05) is 6.58 Å². The molecule has 0 amide bonds. The fourth-order valence-corrected chi connectivity index (χ4v) is 1.09.